The number of ether oxygens (including phenoxy) is 2. The van der Waals surface area contributed by atoms with E-state index in [2.05, 4.69) is 12.2 Å². The maximum Gasteiger partial charge on any atom is 0.407 e. The Labute approximate surface area is 145 Å². The van der Waals surface area contributed by atoms with Crippen LogP contribution in [0, 0.1) is 0 Å². The maximum atomic E-state index is 12.2. The standard InChI is InChI=1S/C19H32N2O3/c1-5-6-12-23-17(14-20)16(13-15-10-8-7-9-11-15)21-18(22)24-19(2,3)4/h7-11,16-17H,5-6,12-14,20H2,1-4H3,(H,21,22). The van der Waals surface area contributed by atoms with Gasteiger partial charge in [0.25, 0.3) is 0 Å². The second kappa shape index (κ2) is 10.3. The summed E-state index contributed by atoms with van der Waals surface area (Å²) >= 11 is 0. The maximum absolute atomic E-state index is 12.2. The minimum atomic E-state index is -0.539. The Morgan fingerprint density at radius 3 is 2.46 bits per heavy atom. The fourth-order valence-electron chi connectivity index (χ4n) is 2.33. The zero-order valence-electron chi connectivity index (χ0n) is 15.4. The molecule has 0 aliphatic heterocycles. The third-order valence-electron chi connectivity index (χ3n) is 3.51. The summed E-state index contributed by atoms with van der Waals surface area (Å²) < 4.78 is 11.3. The van der Waals surface area contributed by atoms with Gasteiger partial charge in [0.05, 0.1) is 12.1 Å². The van der Waals surface area contributed by atoms with Crippen molar-refractivity contribution in [2.45, 2.75) is 64.7 Å². The third kappa shape index (κ3) is 8.31. The molecule has 0 saturated carbocycles. The third-order valence-corrected chi connectivity index (χ3v) is 3.51. The van der Waals surface area contributed by atoms with Crippen LogP contribution in [0.3, 0.4) is 0 Å². The molecule has 1 amide bonds. The smallest absolute Gasteiger partial charge is 0.407 e. The number of carbonyl (C=O) groups is 1. The number of hydrogen-bond acceptors (Lipinski definition) is 4. The second-order valence-corrected chi connectivity index (χ2v) is 6.94. The molecule has 136 valence electrons. The fourth-order valence-corrected chi connectivity index (χ4v) is 2.33. The molecule has 2 unspecified atom stereocenters. The molecule has 24 heavy (non-hydrogen) atoms. The van der Waals surface area contributed by atoms with Crippen LogP contribution in [0.15, 0.2) is 30.3 Å². The first-order valence-electron chi connectivity index (χ1n) is 8.70. The molecule has 0 aliphatic rings. The predicted molar refractivity (Wildman–Crippen MR) is 97.0 cm³/mol. The lowest BCUT2D eigenvalue weighted by Crippen LogP contribution is -2.50. The van der Waals surface area contributed by atoms with Crippen molar-refractivity contribution >= 4 is 6.09 Å². The van der Waals surface area contributed by atoms with Gasteiger partial charge in [0.2, 0.25) is 0 Å². The van der Waals surface area contributed by atoms with Crippen LogP contribution in [0.2, 0.25) is 0 Å². The van der Waals surface area contributed by atoms with Crippen LogP contribution in [-0.2, 0) is 15.9 Å². The molecule has 0 radical (unpaired) electrons. The van der Waals surface area contributed by atoms with Crippen molar-refractivity contribution in [3.63, 3.8) is 0 Å². The van der Waals surface area contributed by atoms with Crippen LogP contribution in [0.25, 0.3) is 0 Å². The average molecular weight is 336 g/mol. The number of nitrogens with one attached hydrogen (secondary N) is 1. The van der Waals surface area contributed by atoms with Gasteiger partial charge in [-0.15, -0.1) is 0 Å². The lowest BCUT2D eigenvalue weighted by Gasteiger charge is -2.29. The minimum absolute atomic E-state index is 0.232. The van der Waals surface area contributed by atoms with Crippen molar-refractivity contribution in [3.8, 4) is 0 Å². The minimum Gasteiger partial charge on any atom is -0.444 e. The Morgan fingerprint density at radius 1 is 1.25 bits per heavy atom. The molecular weight excluding hydrogens is 304 g/mol. The summed E-state index contributed by atoms with van der Waals surface area (Å²) in [4.78, 5) is 12.2. The van der Waals surface area contributed by atoms with E-state index in [1.54, 1.807) is 0 Å². The summed E-state index contributed by atoms with van der Waals surface area (Å²) in [5, 5.41) is 2.93. The molecule has 0 heterocycles. The van der Waals surface area contributed by atoms with E-state index < -0.39 is 11.7 Å². The molecule has 0 bridgehead atoms. The van der Waals surface area contributed by atoms with Crippen LogP contribution >= 0.6 is 0 Å². The number of rotatable bonds is 9. The van der Waals surface area contributed by atoms with Gasteiger partial charge in [0.1, 0.15) is 5.60 Å². The summed E-state index contributed by atoms with van der Waals surface area (Å²) in [7, 11) is 0. The topological polar surface area (TPSA) is 73.6 Å². The van der Waals surface area contributed by atoms with Crippen LogP contribution in [-0.4, -0.2) is 37.0 Å². The molecule has 3 N–H and O–H groups in total. The van der Waals surface area contributed by atoms with Crippen molar-refractivity contribution in [1.29, 1.82) is 0 Å². The molecule has 1 aromatic rings. The van der Waals surface area contributed by atoms with Gasteiger partial charge >= 0.3 is 6.09 Å². The number of hydrogen-bond donors (Lipinski definition) is 2. The van der Waals surface area contributed by atoms with E-state index in [0.717, 1.165) is 18.4 Å². The van der Waals surface area contributed by atoms with Gasteiger partial charge in [0.15, 0.2) is 0 Å². The van der Waals surface area contributed by atoms with E-state index in [-0.39, 0.29) is 12.1 Å². The average Bonchev–Trinajstić information content (AvgIpc) is 2.50. The summed E-state index contributed by atoms with van der Waals surface area (Å²) in [6.07, 6.45) is 1.99. The highest BCUT2D eigenvalue weighted by Gasteiger charge is 2.26. The lowest BCUT2D eigenvalue weighted by molar-refractivity contribution is 0.0170. The van der Waals surface area contributed by atoms with Crippen LogP contribution in [0.1, 0.15) is 46.1 Å². The summed E-state index contributed by atoms with van der Waals surface area (Å²) in [5.41, 5.74) is 6.48. The van der Waals surface area contributed by atoms with Gasteiger partial charge in [0, 0.05) is 13.2 Å². The Kier molecular flexibility index (Phi) is 8.79. The van der Waals surface area contributed by atoms with E-state index in [1.165, 1.54) is 0 Å². The van der Waals surface area contributed by atoms with Gasteiger partial charge in [-0.2, -0.15) is 0 Å². The predicted octanol–water partition coefficient (Wildman–Crippen LogP) is 3.27. The van der Waals surface area contributed by atoms with E-state index in [9.17, 15) is 4.79 Å². The Balaban J connectivity index is 2.78. The van der Waals surface area contributed by atoms with E-state index in [1.807, 2.05) is 51.1 Å². The summed E-state index contributed by atoms with van der Waals surface area (Å²) in [5.74, 6) is 0. The molecule has 0 aliphatic carbocycles. The molecule has 0 saturated heterocycles. The Morgan fingerprint density at radius 2 is 1.92 bits per heavy atom. The first-order valence-corrected chi connectivity index (χ1v) is 8.70. The highest BCUT2D eigenvalue weighted by Crippen LogP contribution is 2.12. The number of benzene rings is 1. The normalized spacial score (nSPS) is 14.0. The zero-order chi connectivity index (χ0) is 18.0. The number of carbonyl (C=O) groups excluding carboxylic acids is 1. The molecule has 5 nitrogen and oxygen atoms in total. The number of nitrogens with two attached hydrogens (primary N) is 1. The van der Waals surface area contributed by atoms with Crippen molar-refractivity contribution < 1.29 is 14.3 Å². The molecule has 0 fully saturated rings. The second-order valence-electron chi connectivity index (χ2n) is 6.94. The first-order chi connectivity index (χ1) is 11.4. The van der Waals surface area contributed by atoms with E-state index >= 15 is 0 Å². The largest absolute Gasteiger partial charge is 0.444 e. The number of alkyl carbamates (subject to hydrolysis) is 1. The molecule has 1 rings (SSSR count). The Hall–Kier alpha value is -1.59. The van der Waals surface area contributed by atoms with Crippen LogP contribution < -0.4 is 11.1 Å². The SMILES string of the molecule is CCCCOC(CN)C(Cc1ccccc1)NC(=O)OC(C)(C)C. The van der Waals surface area contributed by atoms with Crippen LogP contribution in [0.4, 0.5) is 4.79 Å². The monoisotopic (exact) mass is 336 g/mol. The highest BCUT2D eigenvalue weighted by atomic mass is 16.6. The van der Waals surface area contributed by atoms with Crippen molar-refractivity contribution in [1.82, 2.24) is 5.32 Å². The zero-order valence-corrected chi connectivity index (χ0v) is 15.4. The highest BCUT2D eigenvalue weighted by molar-refractivity contribution is 5.68. The van der Waals surface area contributed by atoms with E-state index in [4.69, 9.17) is 15.2 Å². The van der Waals surface area contributed by atoms with Crippen LogP contribution in [0.5, 0.6) is 0 Å². The molecule has 0 aromatic heterocycles. The van der Waals surface area contributed by atoms with Gasteiger partial charge in [-0.3, -0.25) is 0 Å². The summed E-state index contributed by atoms with van der Waals surface area (Å²) in [6, 6.07) is 9.76. The molecule has 2 atom stereocenters. The van der Waals surface area contributed by atoms with Gasteiger partial charge < -0.3 is 20.5 Å². The van der Waals surface area contributed by atoms with Crippen molar-refractivity contribution in [2.75, 3.05) is 13.2 Å². The van der Waals surface area contributed by atoms with Gasteiger partial charge in [-0.05, 0) is 39.2 Å². The molecule has 1 aromatic carbocycles. The van der Waals surface area contributed by atoms with Crippen molar-refractivity contribution in [2.24, 2.45) is 5.73 Å². The summed E-state index contributed by atoms with van der Waals surface area (Å²) in [6.45, 7) is 8.63. The fraction of sp³-hybridized carbons (Fsp3) is 0.632. The number of amides is 1. The van der Waals surface area contributed by atoms with Crippen molar-refractivity contribution in [3.05, 3.63) is 35.9 Å². The Bertz CT molecular complexity index is 471. The molecular formula is C19H32N2O3. The van der Waals surface area contributed by atoms with Gasteiger partial charge in [-0.1, -0.05) is 43.7 Å². The molecule has 5 heteroatoms. The quantitative estimate of drug-likeness (QED) is 0.679. The molecule has 0 spiro atoms. The number of unbranched alkanes of at least 4 members (excludes halogenated alkanes) is 1. The van der Waals surface area contributed by atoms with E-state index in [0.29, 0.717) is 19.6 Å². The van der Waals surface area contributed by atoms with Gasteiger partial charge in [-0.25, -0.2) is 4.79 Å². The first kappa shape index (κ1) is 20.5. The lowest BCUT2D eigenvalue weighted by atomic mass is 10.0.